The molecule has 0 heterocycles. The number of hydrogen-bond acceptors (Lipinski definition) is 2. The van der Waals surface area contributed by atoms with E-state index in [1.165, 1.54) is 12.1 Å². The molecule has 0 aromatic heterocycles. The minimum absolute atomic E-state index is 0.0312. The fourth-order valence-electron chi connectivity index (χ4n) is 1.59. The van der Waals surface area contributed by atoms with Crippen LogP contribution in [0.1, 0.15) is 15.9 Å². The van der Waals surface area contributed by atoms with Crippen LogP contribution in [0.25, 0.3) is 0 Å². The van der Waals surface area contributed by atoms with Gasteiger partial charge in [-0.15, -0.1) is 0 Å². The summed E-state index contributed by atoms with van der Waals surface area (Å²) < 4.78 is 13.6. The lowest BCUT2D eigenvalue weighted by Gasteiger charge is -2.07. The van der Waals surface area contributed by atoms with Gasteiger partial charge in [0.2, 0.25) is 0 Å². The maximum absolute atomic E-state index is 13.6. The van der Waals surface area contributed by atoms with E-state index in [9.17, 15) is 9.18 Å². The Morgan fingerprint density at radius 3 is 2.53 bits per heavy atom. The zero-order valence-corrected chi connectivity index (χ0v) is 10.7. The highest BCUT2D eigenvalue weighted by Gasteiger charge is 2.11. The second kappa shape index (κ2) is 5.82. The number of halogens is 2. The normalized spacial score (nSPS) is 10.3. The number of nitrogens with two attached hydrogens (primary N) is 1. The van der Waals surface area contributed by atoms with Crippen molar-refractivity contribution in [1.82, 2.24) is 0 Å². The Morgan fingerprint density at radius 1 is 1.21 bits per heavy atom. The number of amides is 1. The van der Waals surface area contributed by atoms with Gasteiger partial charge in [0.25, 0.3) is 5.91 Å². The van der Waals surface area contributed by atoms with Crippen LogP contribution in [0.15, 0.2) is 42.5 Å². The van der Waals surface area contributed by atoms with Gasteiger partial charge in [-0.1, -0.05) is 29.8 Å². The molecular formula is C14H12ClFN2O. The summed E-state index contributed by atoms with van der Waals surface area (Å²) in [5, 5.41) is 2.44. The van der Waals surface area contributed by atoms with Crippen LogP contribution in [0.5, 0.6) is 0 Å². The molecule has 2 rings (SSSR count). The van der Waals surface area contributed by atoms with E-state index < -0.39 is 11.7 Å². The van der Waals surface area contributed by atoms with Crippen molar-refractivity contribution >= 4 is 23.2 Å². The van der Waals surface area contributed by atoms with Crippen molar-refractivity contribution in [2.75, 3.05) is 5.32 Å². The quantitative estimate of drug-likeness (QED) is 0.906. The van der Waals surface area contributed by atoms with Crippen LogP contribution in [-0.4, -0.2) is 5.91 Å². The van der Waals surface area contributed by atoms with E-state index in [0.717, 1.165) is 5.56 Å². The molecule has 0 saturated heterocycles. The third kappa shape index (κ3) is 3.10. The second-order valence-corrected chi connectivity index (χ2v) is 4.36. The number of benzene rings is 2. The van der Waals surface area contributed by atoms with Crippen molar-refractivity contribution < 1.29 is 9.18 Å². The Kier molecular flexibility index (Phi) is 4.14. The molecule has 1 amide bonds. The van der Waals surface area contributed by atoms with E-state index in [4.69, 9.17) is 17.3 Å². The molecule has 0 aliphatic heterocycles. The minimum Gasteiger partial charge on any atom is -0.326 e. The molecule has 2 aromatic rings. The van der Waals surface area contributed by atoms with Gasteiger partial charge >= 0.3 is 0 Å². The van der Waals surface area contributed by atoms with E-state index >= 15 is 0 Å². The summed E-state index contributed by atoms with van der Waals surface area (Å²) in [4.78, 5) is 11.9. The largest absolute Gasteiger partial charge is 0.326 e. The summed E-state index contributed by atoms with van der Waals surface area (Å²) in [6.45, 7) is 0.408. The van der Waals surface area contributed by atoms with Crippen LogP contribution >= 0.6 is 11.6 Å². The summed E-state index contributed by atoms with van der Waals surface area (Å²) in [5.74, 6) is -1.04. The number of rotatable bonds is 3. The summed E-state index contributed by atoms with van der Waals surface area (Å²) in [5.41, 5.74) is 6.88. The van der Waals surface area contributed by atoms with Crippen LogP contribution in [-0.2, 0) is 6.54 Å². The molecule has 0 saturated carbocycles. The Balaban J connectivity index is 2.18. The molecule has 0 radical (unpaired) electrons. The lowest BCUT2D eigenvalue weighted by molar-refractivity contribution is 0.102. The Labute approximate surface area is 115 Å². The van der Waals surface area contributed by atoms with Gasteiger partial charge in [0.05, 0.1) is 10.7 Å². The van der Waals surface area contributed by atoms with Crippen molar-refractivity contribution in [2.24, 2.45) is 5.73 Å². The first-order valence-corrected chi connectivity index (χ1v) is 6.04. The zero-order chi connectivity index (χ0) is 13.8. The van der Waals surface area contributed by atoms with Crippen molar-refractivity contribution in [3.05, 3.63) is 64.4 Å². The smallest absolute Gasteiger partial charge is 0.255 e. The third-order valence-electron chi connectivity index (χ3n) is 2.65. The Bertz CT molecular complexity index is 599. The first-order valence-electron chi connectivity index (χ1n) is 5.66. The molecule has 0 atom stereocenters. The standard InChI is InChI=1S/C14H12ClFN2O/c15-11-2-1-3-12(13(11)16)18-14(19)10-6-4-9(8-17)5-7-10/h1-7H,8,17H2,(H,18,19). The molecule has 0 aliphatic rings. The summed E-state index contributed by atoms with van der Waals surface area (Å²) >= 11 is 5.64. The number of anilines is 1. The SMILES string of the molecule is NCc1ccc(C(=O)Nc2cccc(Cl)c2F)cc1. The summed E-state index contributed by atoms with van der Waals surface area (Å²) in [7, 11) is 0. The fraction of sp³-hybridized carbons (Fsp3) is 0.0714. The average Bonchev–Trinajstić information content (AvgIpc) is 2.44. The van der Waals surface area contributed by atoms with Gasteiger partial charge in [0.15, 0.2) is 5.82 Å². The van der Waals surface area contributed by atoms with Crippen LogP contribution < -0.4 is 11.1 Å². The molecule has 0 unspecified atom stereocenters. The topological polar surface area (TPSA) is 55.1 Å². The molecule has 3 N–H and O–H groups in total. The van der Waals surface area contributed by atoms with Gasteiger partial charge in [-0.3, -0.25) is 4.79 Å². The first-order chi connectivity index (χ1) is 9.11. The van der Waals surface area contributed by atoms with Gasteiger partial charge in [0.1, 0.15) is 0 Å². The summed E-state index contributed by atoms with van der Waals surface area (Å²) in [6.07, 6.45) is 0. The number of nitrogens with one attached hydrogen (secondary N) is 1. The zero-order valence-electron chi connectivity index (χ0n) is 9.99. The molecule has 2 aromatic carbocycles. The molecule has 98 valence electrons. The van der Waals surface area contributed by atoms with Gasteiger partial charge in [-0.25, -0.2) is 4.39 Å². The van der Waals surface area contributed by atoms with Gasteiger partial charge in [0, 0.05) is 12.1 Å². The highest BCUT2D eigenvalue weighted by Crippen LogP contribution is 2.22. The third-order valence-corrected chi connectivity index (χ3v) is 2.94. The fourth-order valence-corrected chi connectivity index (χ4v) is 1.76. The van der Waals surface area contributed by atoms with E-state index in [1.807, 2.05) is 0 Å². The summed E-state index contributed by atoms with van der Waals surface area (Å²) in [6, 6.07) is 11.2. The monoisotopic (exact) mass is 278 g/mol. The van der Waals surface area contributed by atoms with Gasteiger partial charge in [-0.05, 0) is 29.8 Å². The van der Waals surface area contributed by atoms with Crippen molar-refractivity contribution in [1.29, 1.82) is 0 Å². The molecule has 0 bridgehead atoms. The Morgan fingerprint density at radius 2 is 1.89 bits per heavy atom. The van der Waals surface area contributed by atoms with E-state index in [1.54, 1.807) is 30.3 Å². The average molecular weight is 279 g/mol. The number of carbonyl (C=O) groups excluding carboxylic acids is 1. The van der Waals surface area contributed by atoms with Crippen LogP contribution in [0.2, 0.25) is 5.02 Å². The number of carbonyl (C=O) groups is 1. The molecule has 0 spiro atoms. The highest BCUT2D eigenvalue weighted by atomic mass is 35.5. The van der Waals surface area contributed by atoms with E-state index in [-0.39, 0.29) is 10.7 Å². The van der Waals surface area contributed by atoms with Gasteiger partial charge in [-0.2, -0.15) is 0 Å². The predicted octanol–water partition coefficient (Wildman–Crippen LogP) is 3.19. The number of hydrogen-bond donors (Lipinski definition) is 2. The van der Waals surface area contributed by atoms with Gasteiger partial charge < -0.3 is 11.1 Å². The predicted molar refractivity (Wildman–Crippen MR) is 73.7 cm³/mol. The molecule has 0 fully saturated rings. The Hall–Kier alpha value is -1.91. The van der Waals surface area contributed by atoms with Crippen molar-refractivity contribution in [3.63, 3.8) is 0 Å². The highest BCUT2D eigenvalue weighted by molar-refractivity contribution is 6.31. The van der Waals surface area contributed by atoms with E-state index in [2.05, 4.69) is 5.32 Å². The second-order valence-electron chi connectivity index (χ2n) is 3.96. The van der Waals surface area contributed by atoms with Crippen LogP contribution in [0.3, 0.4) is 0 Å². The maximum Gasteiger partial charge on any atom is 0.255 e. The van der Waals surface area contributed by atoms with E-state index in [0.29, 0.717) is 12.1 Å². The molecule has 3 nitrogen and oxygen atoms in total. The maximum atomic E-state index is 13.6. The van der Waals surface area contributed by atoms with Crippen molar-refractivity contribution in [3.8, 4) is 0 Å². The molecule has 19 heavy (non-hydrogen) atoms. The van der Waals surface area contributed by atoms with Crippen LogP contribution in [0, 0.1) is 5.82 Å². The molecule has 0 aliphatic carbocycles. The van der Waals surface area contributed by atoms with Crippen LogP contribution in [0.4, 0.5) is 10.1 Å². The lowest BCUT2D eigenvalue weighted by atomic mass is 10.1. The first kappa shape index (κ1) is 13.5. The molecular weight excluding hydrogens is 267 g/mol. The molecule has 5 heteroatoms. The minimum atomic E-state index is -0.643. The van der Waals surface area contributed by atoms with Crippen molar-refractivity contribution in [2.45, 2.75) is 6.54 Å². The lowest BCUT2D eigenvalue weighted by Crippen LogP contribution is -2.13.